The third-order valence-corrected chi connectivity index (χ3v) is 2.00. The molecule has 2 aromatic rings. The zero-order chi connectivity index (χ0) is 10.1. The Morgan fingerprint density at radius 3 is 2.93 bits per heavy atom. The Kier molecular flexibility index (Phi) is 2.00. The van der Waals surface area contributed by atoms with Gasteiger partial charge in [0.05, 0.1) is 11.6 Å². The zero-order valence-corrected chi connectivity index (χ0v) is 8.03. The van der Waals surface area contributed by atoms with Crippen LogP contribution in [0.5, 0.6) is 5.75 Å². The molecule has 1 heterocycles. The van der Waals surface area contributed by atoms with Crippen LogP contribution in [-0.4, -0.2) is 5.97 Å². The number of benzene rings is 1. The van der Waals surface area contributed by atoms with E-state index in [2.05, 4.69) is 0 Å². The number of carbonyl (C=O) groups excluding carboxylic acids is 1. The fraction of sp³-hybridized carbons (Fsp3) is 0.182. The quantitative estimate of drug-likeness (QED) is 0.512. The van der Waals surface area contributed by atoms with E-state index in [1.807, 2.05) is 13.0 Å². The lowest BCUT2D eigenvalue weighted by Gasteiger charge is -2.02. The number of rotatable bonds is 1. The van der Waals surface area contributed by atoms with Gasteiger partial charge in [0.1, 0.15) is 11.3 Å². The van der Waals surface area contributed by atoms with Gasteiger partial charge in [0.25, 0.3) is 0 Å². The topological polar surface area (TPSA) is 39.4 Å². The van der Waals surface area contributed by atoms with Gasteiger partial charge < -0.3 is 9.15 Å². The first-order valence-corrected chi connectivity index (χ1v) is 4.33. The minimum Gasteiger partial charge on any atom is -0.464 e. The summed E-state index contributed by atoms with van der Waals surface area (Å²) in [6.45, 7) is 3.30. The van der Waals surface area contributed by atoms with Crippen molar-refractivity contribution in [2.75, 3.05) is 0 Å². The number of ether oxygens (including phenoxy) is 1. The largest absolute Gasteiger partial charge is 0.464 e. The summed E-state index contributed by atoms with van der Waals surface area (Å²) < 4.78 is 10.3. The molecular weight excluding hydrogens is 180 g/mol. The molecule has 0 unspecified atom stereocenters. The van der Waals surface area contributed by atoms with Crippen LogP contribution in [0.4, 0.5) is 0 Å². The van der Waals surface area contributed by atoms with E-state index in [0.29, 0.717) is 5.75 Å². The average Bonchev–Trinajstić information content (AvgIpc) is 2.48. The highest BCUT2D eigenvalue weighted by Crippen LogP contribution is 2.29. The van der Waals surface area contributed by atoms with Gasteiger partial charge in [-0.2, -0.15) is 0 Å². The molecule has 3 heteroatoms. The van der Waals surface area contributed by atoms with E-state index < -0.39 is 0 Å². The summed E-state index contributed by atoms with van der Waals surface area (Å²) in [5.74, 6) is 0.236. The molecule has 0 amide bonds. The molecule has 0 fully saturated rings. The van der Waals surface area contributed by atoms with Gasteiger partial charge in [-0.15, -0.1) is 0 Å². The highest BCUT2D eigenvalue weighted by molar-refractivity contribution is 5.89. The van der Waals surface area contributed by atoms with Gasteiger partial charge in [-0.1, -0.05) is 6.07 Å². The van der Waals surface area contributed by atoms with Gasteiger partial charge in [-0.3, -0.25) is 4.79 Å². The summed E-state index contributed by atoms with van der Waals surface area (Å²) in [6, 6.07) is 5.39. The Morgan fingerprint density at radius 1 is 1.43 bits per heavy atom. The van der Waals surface area contributed by atoms with Crippen LogP contribution in [0.3, 0.4) is 0 Å². The maximum absolute atomic E-state index is 10.8. The molecule has 0 N–H and O–H groups in total. The minimum absolute atomic E-state index is 0.321. The molecular formula is C11H10O3. The van der Waals surface area contributed by atoms with Gasteiger partial charge in [-0.25, -0.2) is 0 Å². The number of hydrogen-bond acceptors (Lipinski definition) is 3. The molecule has 1 aromatic carbocycles. The highest BCUT2D eigenvalue weighted by Gasteiger charge is 2.09. The number of aryl methyl sites for hydroxylation is 1. The SMILES string of the molecule is CC(=O)Oc1cccc2occ(C)c12. The Balaban J connectivity index is 2.63. The summed E-state index contributed by atoms with van der Waals surface area (Å²) >= 11 is 0. The van der Waals surface area contributed by atoms with Gasteiger partial charge >= 0.3 is 5.97 Å². The van der Waals surface area contributed by atoms with Crippen LogP contribution in [-0.2, 0) is 4.79 Å². The van der Waals surface area contributed by atoms with Crippen LogP contribution in [0, 0.1) is 6.92 Å². The second kappa shape index (κ2) is 3.18. The number of furan rings is 1. The van der Waals surface area contributed by atoms with Crippen molar-refractivity contribution in [3.8, 4) is 5.75 Å². The molecule has 0 saturated heterocycles. The number of esters is 1. The first-order chi connectivity index (χ1) is 6.68. The Bertz CT molecular complexity index is 482. The summed E-state index contributed by atoms with van der Waals surface area (Å²) in [5.41, 5.74) is 1.71. The normalized spacial score (nSPS) is 10.4. The zero-order valence-electron chi connectivity index (χ0n) is 8.03. The molecule has 0 aliphatic carbocycles. The van der Waals surface area contributed by atoms with Crippen LogP contribution >= 0.6 is 0 Å². The van der Waals surface area contributed by atoms with E-state index in [1.165, 1.54) is 6.92 Å². The second-order valence-corrected chi connectivity index (χ2v) is 3.14. The van der Waals surface area contributed by atoms with Crippen molar-refractivity contribution in [3.63, 3.8) is 0 Å². The van der Waals surface area contributed by atoms with Gasteiger partial charge in [0.15, 0.2) is 0 Å². The second-order valence-electron chi connectivity index (χ2n) is 3.14. The molecule has 1 aromatic heterocycles. The molecule has 0 radical (unpaired) electrons. The van der Waals surface area contributed by atoms with E-state index in [4.69, 9.17) is 9.15 Å². The molecule has 14 heavy (non-hydrogen) atoms. The molecule has 0 saturated carbocycles. The lowest BCUT2D eigenvalue weighted by molar-refractivity contribution is -0.131. The lowest BCUT2D eigenvalue weighted by Crippen LogP contribution is -2.01. The van der Waals surface area contributed by atoms with Crippen molar-refractivity contribution in [1.82, 2.24) is 0 Å². The minimum atomic E-state index is -0.321. The van der Waals surface area contributed by atoms with Crippen LogP contribution in [0.1, 0.15) is 12.5 Å². The number of fused-ring (bicyclic) bond motifs is 1. The first-order valence-electron chi connectivity index (χ1n) is 4.33. The third kappa shape index (κ3) is 1.37. The van der Waals surface area contributed by atoms with Crippen LogP contribution < -0.4 is 4.74 Å². The fourth-order valence-corrected chi connectivity index (χ4v) is 1.45. The van der Waals surface area contributed by atoms with Crippen molar-refractivity contribution in [2.45, 2.75) is 13.8 Å². The average molecular weight is 190 g/mol. The van der Waals surface area contributed by atoms with E-state index in [-0.39, 0.29) is 5.97 Å². The Labute approximate surface area is 81.3 Å². The van der Waals surface area contributed by atoms with E-state index in [1.54, 1.807) is 18.4 Å². The molecule has 2 rings (SSSR count). The lowest BCUT2D eigenvalue weighted by atomic mass is 10.2. The van der Waals surface area contributed by atoms with E-state index in [0.717, 1.165) is 16.5 Å². The molecule has 0 aliphatic heterocycles. The molecule has 0 aliphatic rings. The smallest absolute Gasteiger partial charge is 0.308 e. The molecule has 72 valence electrons. The predicted molar refractivity (Wildman–Crippen MR) is 52.3 cm³/mol. The summed E-state index contributed by atoms with van der Waals surface area (Å²) in [6.07, 6.45) is 1.65. The number of hydrogen-bond donors (Lipinski definition) is 0. The van der Waals surface area contributed by atoms with Crippen molar-refractivity contribution in [2.24, 2.45) is 0 Å². The van der Waals surface area contributed by atoms with Crippen molar-refractivity contribution < 1.29 is 13.9 Å². The van der Waals surface area contributed by atoms with Crippen LogP contribution in [0.2, 0.25) is 0 Å². The first kappa shape index (κ1) is 8.81. The van der Waals surface area contributed by atoms with Crippen molar-refractivity contribution in [1.29, 1.82) is 0 Å². The van der Waals surface area contributed by atoms with Gasteiger partial charge in [0.2, 0.25) is 0 Å². The standard InChI is InChI=1S/C11H10O3/c1-7-6-13-9-4-3-5-10(11(7)9)14-8(2)12/h3-6H,1-2H3. The summed E-state index contributed by atoms with van der Waals surface area (Å²) in [4.78, 5) is 10.8. The maximum Gasteiger partial charge on any atom is 0.308 e. The monoisotopic (exact) mass is 190 g/mol. The molecule has 0 spiro atoms. The molecule has 0 bridgehead atoms. The fourth-order valence-electron chi connectivity index (χ4n) is 1.45. The summed E-state index contributed by atoms with van der Waals surface area (Å²) in [5, 5.41) is 0.864. The van der Waals surface area contributed by atoms with Crippen molar-refractivity contribution in [3.05, 3.63) is 30.0 Å². The van der Waals surface area contributed by atoms with Gasteiger partial charge in [-0.05, 0) is 24.6 Å². The van der Waals surface area contributed by atoms with E-state index >= 15 is 0 Å². The van der Waals surface area contributed by atoms with E-state index in [9.17, 15) is 4.79 Å². The van der Waals surface area contributed by atoms with Crippen molar-refractivity contribution >= 4 is 16.9 Å². The Hall–Kier alpha value is -1.77. The highest BCUT2D eigenvalue weighted by atomic mass is 16.5. The maximum atomic E-state index is 10.8. The number of carbonyl (C=O) groups is 1. The summed E-state index contributed by atoms with van der Waals surface area (Å²) in [7, 11) is 0. The Morgan fingerprint density at radius 2 is 2.21 bits per heavy atom. The van der Waals surface area contributed by atoms with Gasteiger partial charge in [0, 0.05) is 6.92 Å². The predicted octanol–water partition coefficient (Wildman–Crippen LogP) is 2.67. The third-order valence-electron chi connectivity index (χ3n) is 2.00. The van der Waals surface area contributed by atoms with Crippen LogP contribution in [0.25, 0.3) is 11.0 Å². The van der Waals surface area contributed by atoms with Crippen LogP contribution in [0.15, 0.2) is 28.9 Å². The molecule has 0 atom stereocenters. The molecule has 3 nitrogen and oxygen atoms in total.